The van der Waals surface area contributed by atoms with E-state index in [0.29, 0.717) is 19.6 Å². The van der Waals surface area contributed by atoms with Crippen LogP contribution in [-0.2, 0) is 10.0 Å². The number of benzene rings is 1. The molecular formula is C13H16ClFN2O2S. The summed E-state index contributed by atoms with van der Waals surface area (Å²) >= 11 is 5.68. The normalized spacial score (nSPS) is 24.8. The van der Waals surface area contributed by atoms with E-state index in [9.17, 15) is 12.8 Å². The number of halogens is 2. The Morgan fingerprint density at radius 2 is 2.05 bits per heavy atom. The fourth-order valence-corrected chi connectivity index (χ4v) is 4.79. The minimum Gasteiger partial charge on any atom is -0.298 e. The standard InChI is InChI=1S/C13H16ClFN2O2S/c14-11-4-1-5-12(13(11)15)20(18,19)17-8-7-16-6-2-3-10(16)9-17/h1,4-5,10H,2-3,6-9H2/t10-/m0/s1. The van der Waals surface area contributed by atoms with Crippen LogP contribution in [0.15, 0.2) is 23.1 Å². The quantitative estimate of drug-likeness (QED) is 0.837. The highest BCUT2D eigenvalue weighted by atomic mass is 35.5. The van der Waals surface area contributed by atoms with E-state index in [0.717, 1.165) is 19.4 Å². The van der Waals surface area contributed by atoms with Crippen molar-refractivity contribution in [2.75, 3.05) is 26.2 Å². The average Bonchev–Trinajstić information content (AvgIpc) is 2.89. The largest absolute Gasteiger partial charge is 0.298 e. The molecule has 0 N–H and O–H groups in total. The lowest BCUT2D eigenvalue weighted by atomic mass is 10.2. The van der Waals surface area contributed by atoms with Crippen molar-refractivity contribution >= 4 is 21.6 Å². The predicted molar refractivity (Wildman–Crippen MR) is 74.8 cm³/mol. The fraction of sp³-hybridized carbons (Fsp3) is 0.538. The molecule has 4 nitrogen and oxygen atoms in total. The van der Waals surface area contributed by atoms with Crippen molar-refractivity contribution in [1.82, 2.24) is 9.21 Å². The second-order valence-electron chi connectivity index (χ2n) is 5.25. The molecule has 0 spiro atoms. The first-order valence-electron chi connectivity index (χ1n) is 6.68. The molecule has 0 aromatic heterocycles. The molecule has 0 aliphatic carbocycles. The van der Waals surface area contributed by atoms with Gasteiger partial charge in [0.15, 0.2) is 5.82 Å². The lowest BCUT2D eigenvalue weighted by Gasteiger charge is -2.36. The monoisotopic (exact) mass is 318 g/mol. The van der Waals surface area contributed by atoms with Crippen LogP contribution in [0, 0.1) is 5.82 Å². The van der Waals surface area contributed by atoms with Crippen LogP contribution >= 0.6 is 11.6 Å². The van der Waals surface area contributed by atoms with Crippen LogP contribution in [0.2, 0.25) is 5.02 Å². The summed E-state index contributed by atoms with van der Waals surface area (Å²) in [6, 6.07) is 4.35. The topological polar surface area (TPSA) is 40.6 Å². The Morgan fingerprint density at radius 1 is 1.25 bits per heavy atom. The van der Waals surface area contributed by atoms with Gasteiger partial charge < -0.3 is 0 Å². The molecule has 20 heavy (non-hydrogen) atoms. The number of hydrogen-bond donors (Lipinski definition) is 0. The highest BCUT2D eigenvalue weighted by Crippen LogP contribution is 2.28. The van der Waals surface area contributed by atoms with E-state index in [2.05, 4.69) is 4.90 Å². The lowest BCUT2D eigenvalue weighted by Crippen LogP contribution is -2.52. The summed E-state index contributed by atoms with van der Waals surface area (Å²) in [5.74, 6) is -0.858. The van der Waals surface area contributed by atoms with Crippen molar-refractivity contribution in [3.05, 3.63) is 29.0 Å². The molecule has 1 aromatic carbocycles. The van der Waals surface area contributed by atoms with E-state index < -0.39 is 15.8 Å². The molecule has 2 saturated heterocycles. The van der Waals surface area contributed by atoms with E-state index in [-0.39, 0.29) is 16.0 Å². The molecule has 2 aliphatic heterocycles. The molecule has 0 amide bonds. The van der Waals surface area contributed by atoms with Gasteiger partial charge in [-0.2, -0.15) is 4.31 Å². The van der Waals surface area contributed by atoms with Crippen LogP contribution < -0.4 is 0 Å². The molecule has 0 radical (unpaired) electrons. The Bertz CT molecular complexity index is 623. The summed E-state index contributed by atoms with van der Waals surface area (Å²) in [6.07, 6.45) is 2.11. The number of hydrogen-bond acceptors (Lipinski definition) is 3. The first-order chi connectivity index (χ1) is 9.50. The van der Waals surface area contributed by atoms with E-state index in [1.54, 1.807) is 0 Å². The Balaban J connectivity index is 1.90. The SMILES string of the molecule is O=S(=O)(c1cccc(Cl)c1F)N1CCN2CCC[C@H]2C1. The summed E-state index contributed by atoms with van der Waals surface area (Å²) in [7, 11) is -3.81. The molecule has 2 aliphatic rings. The number of sulfonamides is 1. The Morgan fingerprint density at radius 3 is 2.85 bits per heavy atom. The maximum absolute atomic E-state index is 14.0. The molecule has 2 heterocycles. The first kappa shape index (κ1) is 14.3. The van der Waals surface area contributed by atoms with Crippen LogP contribution in [0.5, 0.6) is 0 Å². The van der Waals surface area contributed by atoms with E-state index in [1.807, 2.05) is 0 Å². The highest BCUT2D eigenvalue weighted by molar-refractivity contribution is 7.89. The van der Waals surface area contributed by atoms with Crippen molar-refractivity contribution in [2.45, 2.75) is 23.8 Å². The minimum atomic E-state index is -3.81. The molecule has 0 unspecified atom stereocenters. The predicted octanol–water partition coefficient (Wildman–Crippen LogP) is 1.95. The summed E-state index contributed by atoms with van der Waals surface area (Å²) in [6.45, 7) is 2.59. The Hall–Kier alpha value is -0.690. The fourth-order valence-electron chi connectivity index (χ4n) is 3.00. The summed E-state index contributed by atoms with van der Waals surface area (Å²) in [4.78, 5) is 1.98. The maximum Gasteiger partial charge on any atom is 0.246 e. The minimum absolute atomic E-state index is 0.162. The van der Waals surface area contributed by atoms with Crippen molar-refractivity contribution in [2.24, 2.45) is 0 Å². The lowest BCUT2D eigenvalue weighted by molar-refractivity contribution is 0.158. The molecule has 2 fully saturated rings. The molecule has 3 rings (SSSR count). The molecule has 110 valence electrons. The molecule has 7 heteroatoms. The Labute approximate surface area is 123 Å². The van der Waals surface area contributed by atoms with Gasteiger partial charge in [0.05, 0.1) is 5.02 Å². The third kappa shape index (κ3) is 2.35. The second kappa shape index (κ2) is 5.26. The molecule has 1 aromatic rings. The van der Waals surface area contributed by atoms with Gasteiger partial charge in [-0.25, -0.2) is 12.8 Å². The number of piperazine rings is 1. The van der Waals surface area contributed by atoms with Crippen LogP contribution in [-0.4, -0.2) is 49.8 Å². The Kier molecular flexibility index (Phi) is 3.75. The van der Waals surface area contributed by atoms with Gasteiger partial charge >= 0.3 is 0 Å². The first-order valence-corrected chi connectivity index (χ1v) is 8.50. The van der Waals surface area contributed by atoms with Gasteiger partial charge in [-0.3, -0.25) is 4.90 Å². The van der Waals surface area contributed by atoms with Crippen LogP contribution in [0.3, 0.4) is 0 Å². The van der Waals surface area contributed by atoms with Crippen molar-refractivity contribution in [3.8, 4) is 0 Å². The molecule has 1 atom stereocenters. The molecule has 0 saturated carbocycles. The average molecular weight is 319 g/mol. The van der Waals surface area contributed by atoms with Gasteiger partial charge in [-0.1, -0.05) is 17.7 Å². The number of fused-ring (bicyclic) bond motifs is 1. The van der Waals surface area contributed by atoms with Gasteiger partial charge in [0, 0.05) is 25.7 Å². The third-order valence-corrected chi connectivity index (χ3v) is 6.26. The number of rotatable bonds is 2. The zero-order chi connectivity index (χ0) is 14.3. The van der Waals surface area contributed by atoms with E-state index in [4.69, 9.17) is 11.6 Å². The van der Waals surface area contributed by atoms with Crippen molar-refractivity contribution < 1.29 is 12.8 Å². The van der Waals surface area contributed by atoms with Gasteiger partial charge in [-0.15, -0.1) is 0 Å². The van der Waals surface area contributed by atoms with Gasteiger partial charge in [0.1, 0.15) is 4.90 Å². The van der Waals surface area contributed by atoms with Crippen molar-refractivity contribution in [3.63, 3.8) is 0 Å². The van der Waals surface area contributed by atoms with Crippen molar-refractivity contribution in [1.29, 1.82) is 0 Å². The smallest absolute Gasteiger partial charge is 0.246 e. The van der Waals surface area contributed by atoms with Gasteiger partial charge in [0.25, 0.3) is 0 Å². The van der Waals surface area contributed by atoms with E-state index in [1.165, 1.54) is 22.5 Å². The maximum atomic E-state index is 14.0. The van der Waals surface area contributed by atoms with Gasteiger partial charge in [-0.05, 0) is 31.5 Å². The van der Waals surface area contributed by atoms with E-state index >= 15 is 0 Å². The van der Waals surface area contributed by atoms with Crippen LogP contribution in [0.4, 0.5) is 4.39 Å². The second-order valence-corrected chi connectivity index (χ2v) is 7.56. The van der Waals surface area contributed by atoms with Crippen LogP contribution in [0.1, 0.15) is 12.8 Å². The zero-order valence-corrected chi connectivity index (χ0v) is 12.5. The summed E-state index contributed by atoms with van der Waals surface area (Å²) in [5.41, 5.74) is 0. The molecule has 0 bridgehead atoms. The summed E-state index contributed by atoms with van der Waals surface area (Å²) < 4.78 is 40.5. The highest BCUT2D eigenvalue weighted by Gasteiger charge is 2.37. The zero-order valence-electron chi connectivity index (χ0n) is 10.9. The third-order valence-electron chi connectivity index (χ3n) is 4.08. The van der Waals surface area contributed by atoms with Crippen LogP contribution in [0.25, 0.3) is 0 Å². The number of nitrogens with zero attached hydrogens (tertiary/aromatic N) is 2. The van der Waals surface area contributed by atoms with Gasteiger partial charge in [0.2, 0.25) is 10.0 Å². The summed E-state index contributed by atoms with van der Waals surface area (Å²) in [5, 5.41) is -0.162. The molecular weight excluding hydrogens is 303 g/mol.